The van der Waals surface area contributed by atoms with E-state index in [2.05, 4.69) is 4.72 Å². The summed E-state index contributed by atoms with van der Waals surface area (Å²) >= 11 is 0. The summed E-state index contributed by atoms with van der Waals surface area (Å²) in [5.41, 5.74) is 0.557. The van der Waals surface area contributed by atoms with Crippen molar-refractivity contribution in [3.8, 4) is 5.75 Å². The number of ether oxygens (including phenoxy) is 2. The van der Waals surface area contributed by atoms with Gasteiger partial charge < -0.3 is 14.4 Å². The summed E-state index contributed by atoms with van der Waals surface area (Å²) in [6.07, 6.45) is -0.147. The fourth-order valence-corrected chi connectivity index (χ4v) is 4.44. The third kappa shape index (κ3) is 5.07. The zero-order valence-electron chi connectivity index (χ0n) is 16.8. The lowest BCUT2D eigenvalue weighted by molar-refractivity contribution is -0.0585. The Morgan fingerprint density at radius 1 is 1.10 bits per heavy atom. The molecule has 1 amide bonds. The smallest absolute Gasteiger partial charge is 0.261 e. The first-order valence-corrected chi connectivity index (χ1v) is 11.1. The van der Waals surface area contributed by atoms with Gasteiger partial charge in [-0.3, -0.25) is 9.52 Å². The Hall–Kier alpha value is -2.58. The molecule has 0 aliphatic carbocycles. The lowest BCUT2D eigenvalue weighted by atomic mass is 10.1. The number of benzene rings is 2. The molecule has 3 rings (SSSR count). The lowest BCUT2D eigenvalue weighted by Gasteiger charge is -2.35. The predicted molar refractivity (Wildman–Crippen MR) is 111 cm³/mol. The standard InChI is InChI=1S/C21H26N2O5S/c1-4-27-17-9-11-18(12-10-17)29(25,26)22-20-8-6-5-7-19(20)21(24)23-13-15(2)28-16(3)14-23/h5-12,15-16,22H,4,13-14H2,1-3H3. The number of hydrogen-bond acceptors (Lipinski definition) is 5. The molecule has 0 aromatic heterocycles. The van der Waals surface area contributed by atoms with Gasteiger partial charge in [-0.25, -0.2) is 8.42 Å². The highest BCUT2D eigenvalue weighted by Crippen LogP contribution is 2.24. The van der Waals surface area contributed by atoms with Crippen molar-refractivity contribution >= 4 is 21.6 Å². The topological polar surface area (TPSA) is 84.9 Å². The molecule has 1 N–H and O–H groups in total. The summed E-state index contributed by atoms with van der Waals surface area (Å²) in [5, 5.41) is 0. The molecule has 1 aliphatic heterocycles. The second-order valence-corrected chi connectivity index (χ2v) is 8.71. The van der Waals surface area contributed by atoms with E-state index in [1.807, 2.05) is 20.8 Å². The van der Waals surface area contributed by atoms with E-state index >= 15 is 0 Å². The number of rotatable bonds is 6. The van der Waals surface area contributed by atoms with E-state index in [0.717, 1.165) is 0 Å². The van der Waals surface area contributed by atoms with Crippen LogP contribution >= 0.6 is 0 Å². The summed E-state index contributed by atoms with van der Waals surface area (Å²) < 4.78 is 39.2. The van der Waals surface area contributed by atoms with Crippen LogP contribution in [0.25, 0.3) is 0 Å². The van der Waals surface area contributed by atoms with Gasteiger partial charge in [-0.15, -0.1) is 0 Å². The molecule has 8 heteroatoms. The minimum atomic E-state index is -3.85. The van der Waals surface area contributed by atoms with Crippen LogP contribution in [0.5, 0.6) is 5.75 Å². The summed E-state index contributed by atoms with van der Waals surface area (Å²) in [7, 11) is -3.85. The molecule has 1 fully saturated rings. The first-order valence-electron chi connectivity index (χ1n) is 9.59. The van der Waals surface area contributed by atoms with Crippen molar-refractivity contribution in [1.82, 2.24) is 4.90 Å². The Balaban J connectivity index is 1.84. The van der Waals surface area contributed by atoms with E-state index in [9.17, 15) is 13.2 Å². The van der Waals surface area contributed by atoms with Gasteiger partial charge in [0.1, 0.15) is 5.75 Å². The van der Waals surface area contributed by atoms with Crippen molar-refractivity contribution < 1.29 is 22.7 Å². The Morgan fingerprint density at radius 3 is 2.34 bits per heavy atom. The van der Waals surface area contributed by atoms with Gasteiger partial charge in [-0.05, 0) is 57.2 Å². The number of morpholine rings is 1. The first kappa shape index (κ1) is 21.1. The average molecular weight is 419 g/mol. The number of hydrogen-bond donors (Lipinski definition) is 1. The molecule has 2 unspecified atom stereocenters. The SMILES string of the molecule is CCOc1ccc(S(=O)(=O)Nc2ccccc2C(=O)N2CC(C)OC(C)C2)cc1. The maximum absolute atomic E-state index is 13.1. The summed E-state index contributed by atoms with van der Waals surface area (Å²) in [6.45, 7) is 7.11. The highest BCUT2D eigenvalue weighted by Gasteiger charge is 2.28. The molecule has 0 bridgehead atoms. The zero-order chi connectivity index (χ0) is 21.0. The quantitative estimate of drug-likeness (QED) is 0.779. The minimum absolute atomic E-state index is 0.0737. The van der Waals surface area contributed by atoms with Gasteiger partial charge in [0.15, 0.2) is 0 Å². The van der Waals surface area contributed by atoms with E-state index in [1.54, 1.807) is 41.3 Å². The van der Waals surface area contributed by atoms with Crippen LogP contribution < -0.4 is 9.46 Å². The molecular formula is C21H26N2O5S. The van der Waals surface area contributed by atoms with Crippen LogP contribution in [0.1, 0.15) is 31.1 Å². The number of sulfonamides is 1. The Morgan fingerprint density at radius 2 is 1.72 bits per heavy atom. The molecule has 2 aromatic rings. The van der Waals surface area contributed by atoms with Crippen molar-refractivity contribution in [2.45, 2.75) is 37.9 Å². The van der Waals surface area contributed by atoms with Crippen LogP contribution in [0, 0.1) is 0 Å². The maximum Gasteiger partial charge on any atom is 0.261 e. The maximum atomic E-state index is 13.1. The third-order valence-corrected chi connectivity index (χ3v) is 5.94. The summed E-state index contributed by atoms with van der Waals surface area (Å²) in [6, 6.07) is 12.8. The van der Waals surface area contributed by atoms with Crippen molar-refractivity contribution in [3.05, 3.63) is 54.1 Å². The number of anilines is 1. The number of para-hydroxylation sites is 1. The highest BCUT2D eigenvalue weighted by atomic mass is 32.2. The molecule has 7 nitrogen and oxygen atoms in total. The number of carbonyl (C=O) groups is 1. The molecule has 0 saturated carbocycles. The Labute approximate surface area is 171 Å². The van der Waals surface area contributed by atoms with Crippen molar-refractivity contribution in [1.29, 1.82) is 0 Å². The van der Waals surface area contributed by atoms with Gasteiger partial charge in [0.25, 0.3) is 15.9 Å². The van der Waals surface area contributed by atoms with Gasteiger partial charge in [0, 0.05) is 13.1 Å². The van der Waals surface area contributed by atoms with Gasteiger partial charge in [0.05, 0.1) is 35.0 Å². The Bertz CT molecular complexity index is 949. The number of nitrogens with zero attached hydrogens (tertiary/aromatic N) is 1. The number of amides is 1. The van der Waals surface area contributed by atoms with Crippen LogP contribution in [-0.2, 0) is 14.8 Å². The molecule has 0 spiro atoms. The summed E-state index contributed by atoms with van der Waals surface area (Å²) in [4.78, 5) is 14.9. The molecule has 1 saturated heterocycles. The lowest BCUT2D eigenvalue weighted by Crippen LogP contribution is -2.48. The second-order valence-electron chi connectivity index (χ2n) is 7.02. The Kier molecular flexibility index (Phi) is 6.44. The predicted octanol–water partition coefficient (Wildman–Crippen LogP) is 3.14. The van der Waals surface area contributed by atoms with Crippen LogP contribution in [0.4, 0.5) is 5.69 Å². The monoisotopic (exact) mass is 418 g/mol. The van der Waals surface area contributed by atoms with E-state index in [1.165, 1.54) is 12.1 Å². The molecule has 0 radical (unpaired) electrons. The number of carbonyl (C=O) groups excluding carboxylic acids is 1. The molecule has 2 aromatic carbocycles. The van der Waals surface area contributed by atoms with Crippen molar-refractivity contribution in [2.75, 3.05) is 24.4 Å². The molecule has 29 heavy (non-hydrogen) atoms. The number of nitrogens with one attached hydrogen (secondary N) is 1. The van der Waals surface area contributed by atoms with Crippen molar-refractivity contribution in [2.24, 2.45) is 0 Å². The second kappa shape index (κ2) is 8.84. The van der Waals surface area contributed by atoms with E-state index < -0.39 is 10.0 Å². The normalized spacial score (nSPS) is 19.6. The van der Waals surface area contributed by atoms with Crippen LogP contribution in [0.15, 0.2) is 53.4 Å². The first-order chi connectivity index (χ1) is 13.8. The van der Waals surface area contributed by atoms with Crippen LogP contribution in [0.3, 0.4) is 0 Å². The largest absolute Gasteiger partial charge is 0.494 e. The van der Waals surface area contributed by atoms with Gasteiger partial charge in [-0.1, -0.05) is 12.1 Å². The van der Waals surface area contributed by atoms with Gasteiger partial charge in [-0.2, -0.15) is 0 Å². The fraction of sp³-hybridized carbons (Fsp3) is 0.381. The van der Waals surface area contributed by atoms with Gasteiger partial charge in [0.2, 0.25) is 0 Å². The molecule has 1 aliphatic rings. The summed E-state index contributed by atoms with van der Waals surface area (Å²) in [5.74, 6) is 0.370. The molecule has 2 atom stereocenters. The minimum Gasteiger partial charge on any atom is -0.494 e. The fourth-order valence-electron chi connectivity index (χ4n) is 3.36. The molecular weight excluding hydrogens is 392 g/mol. The molecule has 156 valence electrons. The van der Waals surface area contributed by atoms with E-state index in [0.29, 0.717) is 31.0 Å². The van der Waals surface area contributed by atoms with E-state index in [-0.39, 0.29) is 28.7 Å². The van der Waals surface area contributed by atoms with Crippen LogP contribution in [-0.4, -0.2) is 51.1 Å². The van der Waals surface area contributed by atoms with Crippen LogP contribution in [0.2, 0.25) is 0 Å². The zero-order valence-corrected chi connectivity index (χ0v) is 17.6. The van der Waals surface area contributed by atoms with E-state index in [4.69, 9.17) is 9.47 Å². The molecule has 1 heterocycles. The van der Waals surface area contributed by atoms with Gasteiger partial charge >= 0.3 is 0 Å². The average Bonchev–Trinajstić information content (AvgIpc) is 2.67. The highest BCUT2D eigenvalue weighted by molar-refractivity contribution is 7.92. The van der Waals surface area contributed by atoms with Crippen molar-refractivity contribution in [3.63, 3.8) is 0 Å². The third-order valence-electron chi connectivity index (χ3n) is 4.55.